The third-order valence-corrected chi connectivity index (χ3v) is 5.60. The lowest BCUT2D eigenvalue weighted by atomic mass is 9.98. The molecule has 3 fully saturated rings. The van der Waals surface area contributed by atoms with Gasteiger partial charge < -0.3 is 10.0 Å². The van der Waals surface area contributed by atoms with Crippen LogP contribution in [-0.2, 0) is 4.79 Å². The molecule has 114 valence electrons. The quantitative estimate of drug-likeness (QED) is 0.838. The summed E-state index contributed by atoms with van der Waals surface area (Å²) in [5.74, 6) is 0.337. The Balaban J connectivity index is 1.54. The second kappa shape index (κ2) is 6.02. The normalized spacial score (nSPS) is 31.6. The van der Waals surface area contributed by atoms with Crippen LogP contribution in [0.1, 0.15) is 51.9 Å². The van der Waals surface area contributed by atoms with Gasteiger partial charge in [0.2, 0.25) is 0 Å². The van der Waals surface area contributed by atoms with Gasteiger partial charge in [0, 0.05) is 12.1 Å². The van der Waals surface area contributed by atoms with E-state index < -0.39 is 5.97 Å². The Morgan fingerprint density at radius 1 is 1.15 bits per heavy atom. The number of likely N-dealkylation sites (tertiary alicyclic amines) is 2. The molecule has 0 aromatic heterocycles. The molecular weight excluding hydrogens is 252 g/mol. The highest BCUT2D eigenvalue weighted by molar-refractivity contribution is 5.73. The predicted molar refractivity (Wildman–Crippen MR) is 78.8 cm³/mol. The highest BCUT2D eigenvalue weighted by Gasteiger charge is 2.39. The molecule has 0 radical (unpaired) electrons. The Labute approximate surface area is 122 Å². The van der Waals surface area contributed by atoms with Gasteiger partial charge in [-0.3, -0.25) is 9.69 Å². The van der Waals surface area contributed by atoms with Crippen molar-refractivity contribution in [3.05, 3.63) is 0 Å². The second-order valence-electron chi connectivity index (χ2n) is 6.81. The van der Waals surface area contributed by atoms with E-state index in [0.29, 0.717) is 6.04 Å². The maximum atomic E-state index is 11.3. The number of carbonyl (C=O) groups is 1. The van der Waals surface area contributed by atoms with Gasteiger partial charge in [-0.25, -0.2) is 0 Å². The molecule has 0 bridgehead atoms. The molecule has 2 unspecified atom stereocenters. The Kier molecular flexibility index (Phi) is 4.32. The van der Waals surface area contributed by atoms with E-state index in [4.69, 9.17) is 0 Å². The smallest absolute Gasteiger partial charge is 0.320 e. The molecule has 0 amide bonds. The first-order valence-corrected chi connectivity index (χ1v) is 8.43. The van der Waals surface area contributed by atoms with Crippen LogP contribution in [0.15, 0.2) is 0 Å². The zero-order chi connectivity index (χ0) is 14.1. The van der Waals surface area contributed by atoms with Crippen LogP contribution in [0.5, 0.6) is 0 Å². The maximum Gasteiger partial charge on any atom is 0.320 e. The summed E-state index contributed by atoms with van der Waals surface area (Å²) in [6.45, 7) is 5.64. The van der Waals surface area contributed by atoms with Crippen LogP contribution in [0, 0.1) is 5.92 Å². The van der Waals surface area contributed by atoms with E-state index in [2.05, 4.69) is 16.7 Å². The van der Waals surface area contributed by atoms with Crippen molar-refractivity contribution in [1.29, 1.82) is 0 Å². The van der Waals surface area contributed by atoms with Gasteiger partial charge in [0.25, 0.3) is 0 Å². The van der Waals surface area contributed by atoms with E-state index in [-0.39, 0.29) is 6.04 Å². The van der Waals surface area contributed by atoms with Crippen LogP contribution in [0.25, 0.3) is 0 Å². The molecule has 20 heavy (non-hydrogen) atoms. The Bertz CT molecular complexity index is 348. The second-order valence-corrected chi connectivity index (χ2v) is 6.81. The van der Waals surface area contributed by atoms with Gasteiger partial charge in [-0.1, -0.05) is 6.92 Å². The fraction of sp³-hybridized carbons (Fsp3) is 0.938. The first-order chi connectivity index (χ1) is 9.70. The summed E-state index contributed by atoms with van der Waals surface area (Å²) in [5, 5.41) is 9.32. The lowest BCUT2D eigenvalue weighted by molar-refractivity contribution is -0.143. The zero-order valence-corrected chi connectivity index (χ0v) is 12.6. The van der Waals surface area contributed by atoms with Crippen molar-refractivity contribution >= 4 is 5.97 Å². The third-order valence-electron chi connectivity index (χ3n) is 5.60. The number of carboxylic acid groups (broad SMARTS) is 1. The molecular formula is C16H28N2O2. The summed E-state index contributed by atoms with van der Waals surface area (Å²) in [6, 6.07) is 1.09. The molecule has 1 saturated carbocycles. The molecule has 2 heterocycles. The maximum absolute atomic E-state index is 11.3. The largest absolute Gasteiger partial charge is 0.480 e. The number of hydrogen-bond acceptors (Lipinski definition) is 3. The topological polar surface area (TPSA) is 43.8 Å². The zero-order valence-electron chi connectivity index (χ0n) is 12.6. The van der Waals surface area contributed by atoms with Gasteiger partial charge in [-0.15, -0.1) is 0 Å². The van der Waals surface area contributed by atoms with Crippen LogP contribution >= 0.6 is 0 Å². The Hall–Kier alpha value is -0.610. The average Bonchev–Trinajstić information content (AvgIpc) is 3.16. The van der Waals surface area contributed by atoms with Crippen molar-refractivity contribution in [1.82, 2.24) is 9.80 Å². The molecule has 4 nitrogen and oxygen atoms in total. The van der Waals surface area contributed by atoms with E-state index >= 15 is 0 Å². The summed E-state index contributed by atoms with van der Waals surface area (Å²) in [6.07, 6.45) is 8.33. The van der Waals surface area contributed by atoms with Crippen molar-refractivity contribution < 1.29 is 9.90 Å². The van der Waals surface area contributed by atoms with E-state index in [1.54, 1.807) is 0 Å². The molecule has 1 aliphatic carbocycles. The number of carboxylic acids is 1. The summed E-state index contributed by atoms with van der Waals surface area (Å²) >= 11 is 0. The molecule has 1 N–H and O–H groups in total. The average molecular weight is 280 g/mol. The lowest BCUT2D eigenvalue weighted by Gasteiger charge is -2.41. The van der Waals surface area contributed by atoms with Gasteiger partial charge in [0.05, 0.1) is 0 Å². The molecule has 3 rings (SSSR count). The lowest BCUT2D eigenvalue weighted by Crippen LogP contribution is -2.51. The van der Waals surface area contributed by atoms with E-state index in [0.717, 1.165) is 44.2 Å². The summed E-state index contributed by atoms with van der Waals surface area (Å²) in [5.41, 5.74) is 0. The third kappa shape index (κ3) is 2.86. The molecule has 2 atom stereocenters. The minimum Gasteiger partial charge on any atom is -0.480 e. The van der Waals surface area contributed by atoms with Crippen molar-refractivity contribution in [3.8, 4) is 0 Å². The molecule has 4 heteroatoms. The molecule has 2 saturated heterocycles. The molecule has 3 aliphatic rings. The van der Waals surface area contributed by atoms with Gasteiger partial charge in [-0.05, 0) is 70.5 Å². The number of nitrogens with zero attached hydrogens (tertiary/aromatic N) is 2. The van der Waals surface area contributed by atoms with Crippen molar-refractivity contribution in [2.75, 3.05) is 19.6 Å². The van der Waals surface area contributed by atoms with Gasteiger partial charge >= 0.3 is 5.97 Å². The van der Waals surface area contributed by atoms with Crippen LogP contribution in [0.2, 0.25) is 0 Å². The summed E-state index contributed by atoms with van der Waals surface area (Å²) in [7, 11) is 0. The van der Waals surface area contributed by atoms with Crippen molar-refractivity contribution in [2.24, 2.45) is 5.92 Å². The van der Waals surface area contributed by atoms with Crippen molar-refractivity contribution in [3.63, 3.8) is 0 Å². The monoisotopic (exact) mass is 280 g/mol. The number of aliphatic carboxylic acids is 1. The van der Waals surface area contributed by atoms with E-state index in [1.165, 1.54) is 32.4 Å². The number of hydrogen-bond donors (Lipinski definition) is 1. The molecule has 0 aromatic rings. The van der Waals surface area contributed by atoms with Gasteiger partial charge in [0.1, 0.15) is 6.04 Å². The summed E-state index contributed by atoms with van der Waals surface area (Å²) in [4.78, 5) is 16.3. The van der Waals surface area contributed by atoms with Crippen LogP contribution in [0.4, 0.5) is 0 Å². The van der Waals surface area contributed by atoms with Gasteiger partial charge in [-0.2, -0.15) is 0 Å². The SMILES string of the molecule is CCC(C1CC1)N1CCC(N2CCCC2C(=O)O)CC1. The summed E-state index contributed by atoms with van der Waals surface area (Å²) < 4.78 is 0. The van der Waals surface area contributed by atoms with Crippen molar-refractivity contribution in [2.45, 2.75) is 70.0 Å². The molecule has 2 aliphatic heterocycles. The fourth-order valence-electron chi connectivity index (χ4n) is 4.41. The van der Waals surface area contributed by atoms with Crippen LogP contribution in [-0.4, -0.2) is 58.6 Å². The van der Waals surface area contributed by atoms with Crippen LogP contribution < -0.4 is 0 Å². The standard InChI is InChI=1S/C16H28N2O2/c1-2-14(12-5-6-12)17-10-7-13(8-11-17)18-9-3-4-15(18)16(19)20/h12-15H,2-11H2,1H3,(H,19,20). The number of piperidine rings is 1. The Morgan fingerprint density at radius 2 is 1.85 bits per heavy atom. The van der Waals surface area contributed by atoms with Crippen LogP contribution in [0.3, 0.4) is 0 Å². The highest BCUT2D eigenvalue weighted by Crippen LogP contribution is 2.38. The minimum absolute atomic E-state index is 0.211. The van der Waals surface area contributed by atoms with Gasteiger partial charge in [0.15, 0.2) is 0 Å². The number of rotatable bonds is 5. The first-order valence-electron chi connectivity index (χ1n) is 8.43. The first kappa shape index (κ1) is 14.3. The molecule has 0 aromatic carbocycles. The minimum atomic E-state index is -0.616. The predicted octanol–water partition coefficient (Wildman–Crippen LogP) is 2.19. The fourth-order valence-corrected chi connectivity index (χ4v) is 4.41. The highest BCUT2D eigenvalue weighted by atomic mass is 16.4. The molecule has 0 spiro atoms. The Morgan fingerprint density at radius 3 is 2.40 bits per heavy atom. The van der Waals surface area contributed by atoms with E-state index in [1.807, 2.05) is 0 Å². The van der Waals surface area contributed by atoms with E-state index in [9.17, 15) is 9.90 Å².